The van der Waals surface area contributed by atoms with Gasteiger partial charge in [0.25, 0.3) is 0 Å². The second-order valence-electron chi connectivity index (χ2n) is 4.64. The quantitative estimate of drug-likeness (QED) is 0.656. The topological polar surface area (TPSA) is 63.6 Å². The van der Waals surface area contributed by atoms with E-state index in [0.717, 1.165) is 15.7 Å². The third kappa shape index (κ3) is 4.23. The molecular formula is C16H16O4S. The van der Waals surface area contributed by atoms with E-state index in [0.29, 0.717) is 5.75 Å². The monoisotopic (exact) mass is 304 g/mol. The predicted octanol–water partition coefficient (Wildman–Crippen LogP) is 3.20. The van der Waals surface area contributed by atoms with Gasteiger partial charge < -0.3 is 9.84 Å². The van der Waals surface area contributed by atoms with Crippen LogP contribution in [-0.4, -0.2) is 29.9 Å². The third-order valence-electron chi connectivity index (χ3n) is 3.16. The minimum absolute atomic E-state index is 0.105. The van der Waals surface area contributed by atoms with Crippen LogP contribution in [0.4, 0.5) is 0 Å². The summed E-state index contributed by atoms with van der Waals surface area (Å²) in [5, 5.41) is 11.4. The highest BCUT2D eigenvalue weighted by molar-refractivity contribution is 7.99. The summed E-state index contributed by atoms with van der Waals surface area (Å²) in [6.07, 6.45) is -0.105. The van der Waals surface area contributed by atoms with Crippen molar-refractivity contribution in [2.24, 2.45) is 5.92 Å². The van der Waals surface area contributed by atoms with E-state index in [4.69, 9.17) is 5.11 Å². The molecule has 1 N–H and O–H groups in total. The van der Waals surface area contributed by atoms with Crippen molar-refractivity contribution in [3.63, 3.8) is 0 Å². The first-order valence-corrected chi connectivity index (χ1v) is 7.50. The van der Waals surface area contributed by atoms with Crippen LogP contribution in [0.3, 0.4) is 0 Å². The number of thioether (sulfide) groups is 1. The number of aliphatic carboxylic acids is 1. The van der Waals surface area contributed by atoms with Crippen LogP contribution < -0.4 is 0 Å². The number of hydrogen-bond acceptors (Lipinski definition) is 4. The first-order chi connectivity index (χ1) is 10.1. The molecule has 0 unspecified atom stereocenters. The second kappa shape index (κ2) is 7.13. The zero-order valence-corrected chi connectivity index (χ0v) is 12.4. The molecule has 2 aromatic rings. The molecule has 2 rings (SSSR count). The summed E-state index contributed by atoms with van der Waals surface area (Å²) >= 11 is 1.44. The van der Waals surface area contributed by atoms with Crippen LogP contribution in [0.15, 0.2) is 47.4 Å². The number of carboxylic acid groups (broad SMARTS) is 1. The van der Waals surface area contributed by atoms with Crippen LogP contribution in [0.25, 0.3) is 10.8 Å². The molecule has 4 nitrogen and oxygen atoms in total. The Hall–Kier alpha value is -2.01. The van der Waals surface area contributed by atoms with Gasteiger partial charge in [-0.25, -0.2) is 0 Å². The maximum atomic E-state index is 11.2. The van der Waals surface area contributed by atoms with Crippen LogP contribution in [0, 0.1) is 5.92 Å². The number of esters is 1. The Morgan fingerprint density at radius 2 is 1.90 bits per heavy atom. The molecule has 0 aromatic heterocycles. The molecule has 110 valence electrons. The van der Waals surface area contributed by atoms with Crippen molar-refractivity contribution < 1.29 is 19.4 Å². The Morgan fingerprint density at radius 1 is 1.19 bits per heavy atom. The zero-order valence-electron chi connectivity index (χ0n) is 11.6. The van der Waals surface area contributed by atoms with E-state index in [-0.39, 0.29) is 6.42 Å². The molecule has 1 atom stereocenters. The van der Waals surface area contributed by atoms with E-state index in [2.05, 4.69) is 4.74 Å². The van der Waals surface area contributed by atoms with E-state index in [1.807, 2.05) is 42.5 Å². The van der Waals surface area contributed by atoms with Crippen molar-refractivity contribution in [3.8, 4) is 0 Å². The summed E-state index contributed by atoms with van der Waals surface area (Å²) in [6, 6.07) is 14.0. The number of carbonyl (C=O) groups is 2. The Bertz CT molecular complexity index is 654. The molecule has 0 saturated carbocycles. The van der Waals surface area contributed by atoms with Crippen molar-refractivity contribution in [2.45, 2.75) is 11.3 Å². The van der Waals surface area contributed by atoms with Gasteiger partial charge in [-0.2, -0.15) is 0 Å². The number of carbonyl (C=O) groups excluding carboxylic acids is 1. The highest BCUT2D eigenvalue weighted by Crippen LogP contribution is 2.26. The molecule has 0 bridgehead atoms. The summed E-state index contributed by atoms with van der Waals surface area (Å²) in [5.41, 5.74) is 0. The Kier molecular flexibility index (Phi) is 5.22. The van der Waals surface area contributed by atoms with E-state index in [1.54, 1.807) is 0 Å². The average molecular weight is 304 g/mol. The van der Waals surface area contributed by atoms with Gasteiger partial charge in [-0.05, 0) is 22.9 Å². The molecule has 0 saturated heterocycles. The molecule has 0 aliphatic heterocycles. The lowest BCUT2D eigenvalue weighted by Crippen LogP contribution is -2.20. The van der Waals surface area contributed by atoms with Crippen LogP contribution in [0.2, 0.25) is 0 Å². The lowest BCUT2D eigenvalue weighted by atomic mass is 10.1. The minimum atomic E-state index is -0.978. The van der Waals surface area contributed by atoms with Crippen molar-refractivity contribution in [1.82, 2.24) is 0 Å². The van der Waals surface area contributed by atoms with Gasteiger partial charge in [0.05, 0.1) is 19.4 Å². The van der Waals surface area contributed by atoms with Crippen LogP contribution >= 0.6 is 11.8 Å². The van der Waals surface area contributed by atoms with Gasteiger partial charge in [-0.15, -0.1) is 11.8 Å². The Balaban J connectivity index is 2.04. The second-order valence-corrected chi connectivity index (χ2v) is 5.73. The van der Waals surface area contributed by atoms with Crippen molar-refractivity contribution >= 4 is 34.5 Å². The Morgan fingerprint density at radius 3 is 2.57 bits per heavy atom. The lowest BCUT2D eigenvalue weighted by Gasteiger charge is -2.11. The fourth-order valence-corrected chi connectivity index (χ4v) is 2.98. The fraction of sp³-hybridized carbons (Fsp3) is 0.250. The van der Waals surface area contributed by atoms with Gasteiger partial charge in [-0.1, -0.05) is 30.3 Å². The average Bonchev–Trinajstić information content (AvgIpc) is 2.50. The fourth-order valence-electron chi connectivity index (χ4n) is 1.96. The molecule has 21 heavy (non-hydrogen) atoms. The molecule has 0 fully saturated rings. The summed E-state index contributed by atoms with van der Waals surface area (Å²) in [5.74, 6) is -1.88. The number of ether oxygens (including phenoxy) is 1. The molecule has 5 heteroatoms. The number of hydrogen-bond donors (Lipinski definition) is 1. The summed E-state index contributed by atoms with van der Waals surface area (Å²) in [4.78, 5) is 23.4. The molecule has 0 amide bonds. The summed E-state index contributed by atoms with van der Waals surface area (Å²) < 4.78 is 4.53. The van der Waals surface area contributed by atoms with Crippen molar-refractivity contribution in [1.29, 1.82) is 0 Å². The van der Waals surface area contributed by atoms with Gasteiger partial charge in [0.2, 0.25) is 0 Å². The van der Waals surface area contributed by atoms with Crippen LogP contribution in [0.1, 0.15) is 6.42 Å². The van der Waals surface area contributed by atoms with E-state index in [1.165, 1.54) is 18.9 Å². The maximum Gasteiger partial charge on any atom is 0.307 e. The van der Waals surface area contributed by atoms with Gasteiger partial charge >= 0.3 is 11.9 Å². The summed E-state index contributed by atoms with van der Waals surface area (Å²) in [7, 11) is 1.26. The number of methoxy groups -OCH3 is 1. The van der Waals surface area contributed by atoms with Crippen molar-refractivity contribution in [3.05, 3.63) is 42.5 Å². The van der Waals surface area contributed by atoms with E-state index in [9.17, 15) is 9.59 Å². The molecule has 0 radical (unpaired) electrons. The zero-order chi connectivity index (χ0) is 15.2. The predicted molar refractivity (Wildman–Crippen MR) is 82.4 cm³/mol. The molecule has 0 spiro atoms. The van der Waals surface area contributed by atoms with Gasteiger partial charge in [-0.3, -0.25) is 9.59 Å². The van der Waals surface area contributed by atoms with Crippen molar-refractivity contribution in [2.75, 3.05) is 12.9 Å². The number of rotatable bonds is 6. The highest BCUT2D eigenvalue weighted by atomic mass is 32.2. The first-order valence-electron chi connectivity index (χ1n) is 6.51. The molecule has 0 aliphatic rings. The van der Waals surface area contributed by atoms with Gasteiger partial charge in [0, 0.05) is 10.6 Å². The number of fused-ring (bicyclic) bond motifs is 1. The molecular weight excluding hydrogens is 288 g/mol. The van der Waals surface area contributed by atoms with Crippen LogP contribution in [0.5, 0.6) is 0 Å². The first kappa shape index (κ1) is 15.4. The normalized spacial score (nSPS) is 12.0. The van der Waals surface area contributed by atoms with Crippen LogP contribution in [-0.2, 0) is 14.3 Å². The van der Waals surface area contributed by atoms with Gasteiger partial charge in [0.1, 0.15) is 0 Å². The smallest absolute Gasteiger partial charge is 0.307 e. The molecule has 0 heterocycles. The minimum Gasteiger partial charge on any atom is -0.481 e. The summed E-state index contributed by atoms with van der Waals surface area (Å²) in [6.45, 7) is 0. The maximum absolute atomic E-state index is 11.2. The largest absolute Gasteiger partial charge is 0.481 e. The van der Waals surface area contributed by atoms with Gasteiger partial charge in [0.15, 0.2) is 0 Å². The van der Waals surface area contributed by atoms with E-state index < -0.39 is 17.9 Å². The molecule has 2 aromatic carbocycles. The SMILES string of the molecule is COC(=O)C[C@@H](CSc1ccc2ccccc2c1)C(=O)O. The standard InChI is InChI=1S/C16H16O4S/c1-20-15(17)9-13(16(18)19)10-21-14-7-6-11-4-2-3-5-12(11)8-14/h2-8,13H,9-10H2,1H3,(H,18,19)/t13-/m0/s1. The Labute approximate surface area is 127 Å². The number of carboxylic acids is 1. The third-order valence-corrected chi connectivity index (χ3v) is 4.32. The number of benzene rings is 2. The van der Waals surface area contributed by atoms with E-state index >= 15 is 0 Å². The molecule has 0 aliphatic carbocycles. The lowest BCUT2D eigenvalue weighted by molar-refractivity contribution is -0.149. The highest BCUT2D eigenvalue weighted by Gasteiger charge is 2.21.